The van der Waals surface area contributed by atoms with Gasteiger partial charge in [-0.2, -0.15) is 5.10 Å². The van der Waals surface area contributed by atoms with E-state index in [4.69, 9.17) is 0 Å². The number of carbonyl (C=O) groups is 1. The largest absolute Gasteiger partial charge is 0.299 e. The van der Waals surface area contributed by atoms with Crippen LogP contribution in [0.15, 0.2) is 5.10 Å². The highest BCUT2D eigenvalue weighted by Gasteiger charge is 2.18. The maximum atomic E-state index is 10.7. The van der Waals surface area contributed by atoms with Crippen molar-refractivity contribution < 1.29 is 4.79 Å². The molecule has 1 N–H and O–H groups in total. The Labute approximate surface area is 80.7 Å². The average Bonchev–Trinajstić information content (AvgIpc) is 2.48. The second-order valence-electron chi connectivity index (χ2n) is 2.45. The molecule has 1 unspecified atom stereocenters. The number of ketones is 1. The lowest BCUT2D eigenvalue weighted by Gasteiger charge is -2.05. The number of carbonyl (C=O) groups excluding carboxylic acids is 1. The van der Waals surface area contributed by atoms with Gasteiger partial charge in [-0.25, -0.2) is 0 Å². The van der Waals surface area contributed by atoms with Gasteiger partial charge in [-0.05, 0) is 13.3 Å². The first-order chi connectivity index (χ1) is 5.72. The van der Waals surface area contributed by atoms with E-state index in [1.165, 1.54) is 0 Å². The summed E-state index contributed by atoms with van der Waals surface area (Å²) < 4.78 is 0.240. The Morgan fingerprint density at radius 2 is 2.58 bits per heavy atom. The molecule has 0 radical (unpaired) electrons. The zero-order chi connectivity index (χ0) is 8.97. The van der Waals surface area contributed by atoms with E-state index in [-0.39, 0.29) is 10.5 Å². The zero-order valence-electron chi connectivity index (χ0n) is 7.16. The van der Waals surface area contributed by atoms with Crippen LogP contribution >= 0.6 is 23.5 Å². The van der Waals surface area contributed by atoms with Crippen LogP contribution in [-0.4, -0.2) is 21.3 Å². The molecule has 3 nitrogen and oxygen atoms in total. The van der Waals surface area contributed by atoms with Crippen LogP contribution in [0.2, 0.25) is 0 Å². The lowest BCUT2D eigenvalue weighted by Crippen LogP contribution is -2.13. The standard InChI is InChI=1S/C7H12N2OS2/c1-3-6-8-9-7(12-6)11-4-5(2)10/h7,9H,3-4H2,1-2H3. The van der Waals surface area contributed by atoms with Crippen molar-refractivity contribution in [1.29, 1.82) is 0 Å². The number of thioether (sulfide) groups is 2. The smallest absolute Gasteiger partial charge is 0.141 e. The number of nitrogens with one attached hydrogen (secondary N) is 1. The van der Waals surface area contributed by atoms with E-state index in [1.54, 1.807) is 30.4 Å². The van der Waals surface area contributed by atoms with Crippen LogP contribution in [0, 0.1) is 0 Å². The molecular formula is C7H12N2OS2. The number of hydrogen-bond acceptors (Lipinski definition) is 5. The summed E-state index contributed by atoms with van der Waals surface area (Å²) in [7, 11) is 0. The molecule has 1 aliphatic rings. The van der Waals surface area contributed by atoms with Crippen LogP contribution in [0.3, 0.4) is 0 Å². The Kier molecular flexibility index (Phi) is 3.94. The molecule has 0 saturated heterocycles. The van der Waals surface area contributed by atoms with Gasteiger partial charge < -0.3 is 0 Å². The maximum Gasteiger partial charge on any atom is 0.141 e. The van der Waals surface area contributed by atoms with Crippen LogP contribution in [-0.2, 0) is 4.79 Å². The monoisotopic (exact) mass is 204 g/mol. The van der Waals surface area contributed by atoms with Crippen molar-refractivity contribution in [3.63, 3.8) is 0 Å². The van der Waals surface area contributed by atoms with Gasteiger partial charge in [0.15, 0.2) is 0 Å². The van der Waals surface area contributed by atoms with Crippen molar-refractivity contribution in [3.05, 3.63) is 0 Å². The van der Waals surface area contributed by atoms with Gasteiger partial charge >= 0.3 is 0 Å². The first-order valence-electron chi connectivity index (χ1n) is 3.82. The second-order valence-corrected chi connectivity index (χ2v) is 5.02. The minimum atomic E-state index is 0.215. The van der Waals surface area contributed by atoms with Crippen molar-refractivity contribution in [2.75, 3.05) is 5.75 Å². The van der Waals surface area contributed by atoms with E-state index in [1.807, 2.05) is 0 Å². The molecule has 12 heavy (non-hydrogen) atoms. The highest BCUT2D eigenvalue weighted by atomic mass is 32.2. The number of nitrogens with zero attached hydrogens (tertiary/aromatic N) is 1. The van der Waals surface area contributed by atoms with E-state index in [2.05, 4.69) is 17.5 Å². The van der Waals surface area contributed by atoms with E-state index >= 15 is 0 Å². The molecule has 0 aromatic carbocycles. The van der Waals surface area contributed by atoms with Gasteiger partial charge in [0.1, 0.15) is 10.5 Å². The molecule has 0 fully saturated rings. The molecule has 0 aromatic rings. The van der Waals surface area contributed by atoms with Crippen molar-refractivity contribution in [1.82, 2.24) is 5.43 Å². The van der Waals surface area contributed by atoms with E-state index in [0.717, 1.165) is 11.5 Å². The first-order valence-corrected chi connectivity index (χ1v) is 5.75. The van der Waals surface area contributed by atoms with Gasteiger partial charge in [-0.1, -0.05) is 18.7 Å². The molecule has 1 heterocycles. The quantitative estimate of drug-likeness (QED) is 0.756. The molecule has 0 aromatic heterocycles. The molecule has 5 heteroatoms. The lowest BCUT2D eigenvalue weighted by atomic mass is 10.5. The van der Waals surface area contributed by atoms with Gasteiger partial charge in [0.25, 0.3) is 0 Å². The van der Waals surface area contributed by atoms with Gasteiger partial charge in [0.2, 0.25) is 0 Å². The topological polar surface area (TPSA) is 41.5 Å². The van der Waals surface area contributed by atoms with Gasteiger partial charge in [-0.15, -0.1) is 11.8 Å². The summed E-state index contributed by atoms with van der Waals surface area (Å²) in [4.78, 5) is 10.7. The van der Waals surface area contributed by atoms with Crippen molar-refractivity contribution in [2.45, 2.75) is 25.0 Å². The van der Waals surface area contributed by atoms with Gasteiger partial charge in [-0.3, -0.25) is 10.2 Å². The lowest BCUT2D eigenvalue weighted by molar-refractivity contribution is -0.114. The summed E-state index contributed by atoms with van der Waals surface area (Å²) in [6.45, 7) is 3.68. The Morgan fingerprint density at radius 3 is 3.08 bits per heavy atom. The molecule has 0 amide bonds. The average molecular weight is 204 g/mol. The highest BCUT2D eigenvalue weighted by molar-refractivity contribution is 8.25. The molecule has 0 spiro atoms. The van der Waals surface area contributed by atoms with E-state index < -0.39 is 0 Å². The Morgan fingerprint density at radius 1 is 1.83 bits per heavy atom. The maximum absolute atomic E-state index is 10.7. The molecule has 68 valence electrons. The summed E-state index contributed by atoms with van der Waals surface area (Å²) in [5, 5.41) is 5.23. The summed E-state index contributed by atoms with van der Waals surface area (Å²) in [6, 6.07) is 0. The minimum absolute atomic E-state index is 0.215. The highest BCUT2D eigenvalue weighted by Crippen LogP contribution is 2.27. The second kappa shape index (κ2) is 4.77. The Hall–Kier alpha value is -0.160. The summed E-state index contributed by atoms with van der Waals surface area (Å²) in [5.74, 6) is 0.782. The molecular weight excluding hydrogens is 192 g/mol. The van der Waals surface area contributed by atoms with Crippen LogP contribution in [0.25, 0.3) is 0 Å². The molecule has 1 atom stereocenters. The Balaban J connectivity index is 2.18. The normalized spacial score (nSPS) is 21.8. The fourth-order valence-corrected chi connectivity index (χ4v) is 2.68. The molecule has 1 rings (SSSR count). The summed E-state index contributed by atoms with van der Waals surface area (Å²) in [5.41, 5.74) is 2.97. The fraction of sp³-hybridized carbons (Fsp3) is 0.714. The number of hydrazone groups is 1. The fourth-order valence-electron chi connectivity index (χ4n) is 0.728. The third-order valence-corrected chi connectivity index (χ3v) is 3.93. The molecule has 0 saturated carbocycles. The number of rotatable bonds is 4. The van der Waals surface area contributed by atoms with Crippen LogP contribution in [0.1, 0.15) is 20.3 Å². The summed E-state index contributed by atoms with van der Waals surface area (Å²) in [6.07, 6.45) is 0.967. The van der Waals surface area contributed by atoms with Crippen LogP contribution < -0.4 is 5.43 Å². The molecule has 1 aliphatic heterocycles. The zero-order valence-corrected chi connectivity index (χ0v) is 8.80. The first kappa shape index (κ1) is 9.92. The summed E-state index contributed by atoms with van der Waals surface area (Å²) >= 11 is 3.30. The van der Waals surface area contributed by atoms with Crippen molar-refractivity contribution in [3.8, 4) is 0 Å². The van der Waals surface area contributed by atoms with Crippen LogP contribution in [0.4, 0.5) is 0 Å². The van der Waals surface area contributed by atoms with Crippen molar-refractivity contribution >= 4 is 34.4 Å². The van der Waals surface area contributed by atoms with Crippen LogP contribution in [0.5, 0.6) is 0 Å². The van der Waals surface area contributed by atoms with Crippen molar-refractivity contribution in [2.24, 2.45) is 5.10 Å². The number of Topliss-reactive ketones (excluding diaryl/α,β-unsaturated/α-hetero) is 1. The third kappa shape index (κ3) is 3.06. The van der Waals surface area contributed by atoms with Gasteiger partial charge in [0, 0.05) is 0 Å². The minimum Gasteiger partial charge on any atom is -0.299 e. The van der Waals surface area contributed by atoms with E-state index in [0.29, 0.717) is 5.75 Å². The van der Waals surface area contributed by atoms with E-state index in [9.17, 15) is 4.79 Å². The third-order valence-electron chi connectivity index (χ3n) is 1.28. The Bertz CT molecular complexity index is 206. The predicted molar refractivity (Wildman–Crippen MR) is 55.4 cm³/mol. The van der Waals surface area contributed by atoms with Gasteiger partial charge in [0.05, 0.1) is 10.8 Å². The molecule has 0 bridgehead atoms. The number of hydrogen-bond donors (Lipinski definition) is 1. The predicted octanol–water partition coefficient (Wildman–Crippen LogP) is 1.65. The SMILES string of the molecule is CCC1=NNC(SCC(C)=O)S1. The molecule has 0 aliphatic carbocycles.